The van der Waals surface area contributed by atoms with Crippen molar-refractivity contribution in [1.82, 2.24) is 4.90 Å². The van der Waals surface area contributed by atoms with Gasteiger partial charge in [0.05, 0.1) is 13.2 Å². The van der Waals surface area contributed by atoms with Crippen LogP contribution in [0, 0.1) is 5.92 Å². The summed E-state index contributed by atoms with van der Waals surface area (Å²) >= 11 is 0. The molecule has 3 atom stereocenters. The monoisotopic (exact) mass is 612 g/mol. The molecule has 0 saturated carbocycles. The molecule has 45 heavy (non-hydrogen) atoms. The van der Waals surface area contributed by atoms with Gasteiger partial charge in [0, 0.05) is 62.3 Å². The SMILES string of the molecule is CN(CC1CCN(c2ccc(C3c4ccc(OC5CCCCO5)cc4OCC3c3ccccc3)cc2)CC1)C(=O)OC(C)(C)C. The van der Waals surface area contributed by atoms with E-state index < -0.39 is 5.60 Å². The van der Waals surface area contributed by atoms with E-state index in [0.717, 1.165) is 69.8 Å². The lowest BCUT2D eigenvalue weighted by Gasteiger charge is -2.36. The lowest BCUT2D eigenvalue weighted by atomic mass is 9.76. The minimum Gasteiger partial charge on any atom is -0.492 e. The molecule has 6 rings (SSSR count). The van der Waals surface area contributed by atoms with E-state index in [-0.39, 0.29) is 24.2 Å². The maximum atomic E-state index is 12.4. The Morgan fingerprint density at radius 1 is 0.933 bits per heavy atom. The summed E-state index contributed by atoms with van der Waals surface area (Å²) in [5.41, 5.74) is 4.53. The van der Waals surface area contributed by atoms with Crippen molar-refractivity contribution in [2.24, 2.45) is 5.92 Å². The van der Waals surface area contributed by atoms with Crippen LogP contribution in [0.4, 0.5) is 10.5 Å². The van der Waals surface area contributed by atoms with Crippen LogP contribution in [0.3, 0.4) is 0 Å². The van der Waals surface area contributed by atoms with Crippen LogP contribution in [0.15, 0.2) is 72.8 Å². The van der Waals surface area contributed by atoms with E-state index in [1.807, 2.05) is 33.9 Å². The van der Waals surface area contributed by atoms with Crippen LogP contribution in [0.2, 0.25) is 0 Å². The minimum atomic E-state index is -0.476. The Morgan fingerprint density at radius 3 is 2.38 bits per heavy atom. The van der Waals surface area contributed by atoms with E-state index in [2.05, 4.69) is 71.6 Å². The van der Waals surface area contributed by atoms with Gasteiger partial charge in [-0.15, -0.1) is 0 Å². The van der Waals surface area contributed by atoms with Crippen LogP contribution >= 0.6 is 0 Å². The standard InChI is InChI=1S/C38H48N2O5/c1-38(2,3)45-37(41)39(4)25-27-19-21-40(22-20-27)30-15-13-29(14-16-30)36-32-18-17-31(44-35-12-8-9-23-42-35)24-34(32)43-26-33(36)28-10-6-5-7-11-28/h5-7,10-11,13-18,24,27,33,35-36H,8-9,12,19-23,25-26H2,1-4H3. The number of hydrogen-bond acceptors (Lipinski definition) is 6. The summed E-state index contributed by atoms with van der Waals surface area (Å²) in [6.07, 6.45) is 4.82. The summed E-state index contributed by atoms with van der Waals surface area (Å²) in [4.78, 5) is 16.6. The molecule has 0 spiro atoms. The molecule has 7 heteroatoms. The van der Waals surface area contributed by atoms with E-state index in [4.69, 9.17) is 18.9 Å². The van der Waals surface area contributed by atoms with Gasteiger partial charge < -0.3 is 28.7 Å². The van der Waals surface area contributed by atoms with Gasteiger partial charge in [-0.2, -0.15) is 0 Å². The fourth-order valence-corrected chi connectivity index (χ4v) is 6.89. The molecule has 0 radical (unpaired) electrons. The first kappa shape index (κ1) is 31.3. The predicted molar refractivity (Wildman–Crippen MR) is 177 cm³/mol. The zero-order valence-electron chi connectivity index (χ0n) is 27.2. The van der Waals surface area contributed by atoms with E-state index in [0.29, 0.717) is 12.5 Å². The van der Waals surface area contributed by atoms with E-state index in [1.165, 1.54) is 22.4 Å². The normalized spacial score (nSPS) is 22.2. The smallest absolute Gasteiger partial charge is 0.410 e. The van der Waals surface area contributed by atoms with E-state index in [1.54, 1.807) is 4.90 Å². The number of hydrogen-bond donors (Lipinski definition) is 0. The quantitative estimate of drug-likeness (QED) is 0.270. The van der Waals surface area contributed by atoms with Crippen LogP contribution in [0.1, 0.15) is 81.4 Å². The third-order valence-electron chi connectivity index (χ3n) is 9.24. The van der Waals surface area contributed by atoms with Crippen molar-refractivity contribution in [3.8, 4) is 11.5 Å². The van der Waals surface area contributed by atoms with Crippen molar-refractivity contribution < 1.29 is 23.7 Å². The number of piperidine rings is 1. The number of fused-ring (bicyclic) bond motifs is 1. The average Bonchev–Trinajstić information content (AvgIpc) is 3.05. The molecule has 0 N–H and O–H groups in total. The molecule has 0 aliphatic carbocycles. The van der Waals surface area contributed by atoms with Gasteiger partial charge in [-0.25, -0.2) is 4.79 Å². The Kier molecular flexibility index (Phi) is 9.55. The van der Waals surface area contributed by atoms with Gasteiger partial charge in [-0.3, -0.25) is 0 Å². The van der Waals surface area contributed by atoms with Gasteiger partial charge in [0.15, 0.2) is 6.29 Å². The molecule has 1 amide bonds. The third-order valence-corrected chi connectivity index (χ3v) is 9.24. The van der Waals surface area contributed by atoms with Crippen LogP contribution in [-0.2, 0) is 9.47 Å². The zero-order chi connectivity index (χ0) is 31.4. The number of ether oxygens (including phenoxy) is 4. The third kappa shape index (κ3) is 7.75. The summed E-state index contributed by atoms with van der Waals surface area (Å²) in [5, 5.41) is 0. The lowest BCUT2D eigenvalue weighted by molar-refractivity contribution is -0.106. The molecule has 2 fully saturated rings. The second kappa shape index (κ2) is 13.7. The van der Waals surface area contributed by atoms with Crippen LogP contribution in [0.25, 0.3) is 0 Å². The number of rotatable bonds is 7. The highest BCUT2D eigenvalue weighted by atomic mass is 16.7. The van der Waals surface area contributed by atoms with Crippen LogP contribution in [-0.4, -0.2) is 62.8 Å². The molecule has 3 aliphatic rings. The minimum absolute atomic E-state index is 0.166. The first-order valence-electron chi connectivity index (χ1n) is 16.6. The van der Waals surface area contributed by atoms with Gasteiger partial charge in [0.2, 0.25) is 0 Å². The van der Waals surface area contributed by atoms with E-state index in [9.17, 15) is 4.79 Å². The maximum absolute atomic E-state index is 12.4. The van der Waals surface area contributed by atoms with Gasteiger partial charge in [0.25, 0.3) is 0 Å². The Bertz CT molecular complexity index is 1410. The van der Waals surface area contributed by atoms with Crippen molar-refractivity contribution in [3.63, 3.8) is 0 Å². The molecule has 3 aromatic rings. The Hall–Kier alpha value is -3.71. The average molecular weight is 613 g/mol. The Balaban J connectivity index is 1.15. The van der Waals surface area contributed by atoms with E-state index >= 15 is 0 Å². The summed E-state index contributed by atoms with van der Waals surface area (Å²) in [5.74, 6) is 2.54. The molecular formula is C38H48N2O5. The van der Waals surface area contributed by atoms with Gasteiger partial charge in [-0.05, 0) is 81.7 Å². The molecule has 3 aromatic carbocycles. The number of anilines is 1. The molecule has 0 bridgehead atoms. The molecule has 240 valence electrons. The Labute approximate surface area is 268 Å². The summed E-state index contributed by atoms with van der Waals surface area (Å²) < 4.78 is 23.9. The molecule has 3 unspecified atom stereocenters. The van der Waals surface area contributed by atoms with Crippen molar-refractivity contribution in [3.05, 3.63) is 89.5 Å². The van der Waals surface area contributed by atoms with Crippen molar-refractivity contribution >= 4 is 11.8 Å². The fraction of sp³-hybridized carbons (Fsp3) is 0.500. The molecule has 3 aliphatic heterocycles. The largest absolute Gasteiger partial charge is 0.492 e. The van der Waals surface area contributed by atoms with Gasteiger partial charge in [0.1, 0.15) is 17.1 Å². The first-order chi connectivity index (χ1) is 21.7. The summed E-state index contributed by atoms with van der Waals surface area (Å²) in [6, 6.07) is 26.2. The first-order valence-corrected chi connectivity index (χ1v) is 16.6. The van der Waals surface area contributed by atoms with Crippen molar-refractivity contribution in [1.29, 1.82) is 0 Å². The highest BCUT2D eigenvalue weighted by molar-refractivity contribution is 5.67. The molecule has 3 heterocycles. The van der Waals surface area contributed by atoms with Gasteiger partial charge in [-0.1, -0.05) is 48.5 Å². The maximum Gasteiger partial charge on any atom is 0.410 e. The lowest BCUT2D eigenvalue weighted by Crippen LogP contribution is -2.41. The molecule has 2 saturated heterocycles. The number of benzene rings is 3. The second-order valence-corrected chi connectivity index (χ2v) is 13.8. The molecule has 0 aromatic heterocycles. The number of carbonyl (C=O) groups is 1. The Morgan fingerprint density at radius 2 is 1.69 bits per heavy atom. The zero-order valence-corrected chi connectivity index (χ0v) is 27.2. The second-order valence-electron chi connectivity index (χ2n) is 13.8. The van der Waals surface area contributed by atoms with Crippen molar-refractivity contribution in [2.45, 2.75) is 76.6 Å². The van der Waals surface area contributed by atoms with Gasteiger partial charge >= 0.3 is 6.09 Å². The molecular weight excluding hydrogens is 564 g/mol. The number of nitrogens with zero attached hydrogens (tertiary/aromatic N) is 2. The van der Waals surface area contributed by atoms with Crippen LogP contribution < -0.4 is 14.4 Å². The highest BCUT2D eigenvalue weighted by Gasteiger charge is 2.34. The fourth-order valence-electron chi connectivity index (χ4n) is 6.89. The number of carbonyl (C=O) groups excluding carboxylic acids is 1. The van der Waals surface area contributed by atoms with Crippen molar-refractivity contribution in [2.75, 3.05) is 44.8 Å². The summed E-state index contributed by atoms with van der Waals surface area (Å²) in [7, 11) is 1.84. The highest BCUT2D eigenvalue weighted by Crippen LogP contribution is 2.47. The topological polar surface area (TPSA) is 60.5 Å². The van der Waals surface area contributed by atoms with Crippen LogP contribution in [0.5, 0.6) is 11.5 Å². The molecule has 7 nitrogen and oxygen atoms in total. The predicted octanol–water partition coefficient (Wildman–Crippen LogP) is 7.98. The number of amides is 1. The summed E-state index contributed by atoms with van der Waals surface area (Å²) in [6.45, 7) is 9.77.